The van der Waals surface area contributed by atoms with E-state index in [4.69, 9.17) is 0 Å². The molecule has 66 valence electrons. The standard InChI is InChI=1S/C9H20N2/c1-5-6-10-7-9(2)8-11(3)4/h8,10H,5-7H2,1-4H3/b9-8-. The van der Waals surface area contributed by atoms with Crippen LogP contribution in [0.25, 0.3) is 0 Å². The summed E-state index contributed by atoms with van der Waals surface area (Å²) in [6.45, 7) is 6.44. The van der Waals surface area contributed by atoms with Gasteiger partial charge in [-0.2, -0.15) is 0 Å². The third-order valence-corrected chi connectivity index (χ3v) is 1.31. The van der Waals surface area contributed by atoms with E-state index in [0.29, 0.717) is 0 Å². The Bertz CT molecular complexity index is 117. The van der Waals surface area contributed by atoms with Crippen LogP contribution < -0.4 is 5.32 Å². The van der Waals surface area contributed by atoms with Gasteiger partial charge in [0, 0.05) is 20.6 Å². The van der Waals surface area contributed by atoms with Gasteiger partial charge in [0.15, 0.2) is 0 Å². The molecule has 0 aromatic heterocycles. The lowest BCUT2D eigenvalue weighted by Crippen LogP contribution is -2.18. The van der Waals surface area contributed by atoms with Crippen molar-refractivity contribution in [1.82, 2.24) is 10.2 Å². The molecule has 0 fully saturated rings. The minimum Gasteiger partial charge on any atom is -0.383 e. The normalized spacial score (nSPS) is 11.8. The predicted octanol–water partition coefficient (Wildman–Crippen LogP) is 1.45. The molecule has 0 atom stereocenters. The number of nitrogens with zero attached hydrogens (tertiary/aromatic N) is 1. The third kappa shape index (κ3) is 7.40. The molecule has 1 N–H and O–H groups in total. The zero-order valence-electron chi connectivity index (χ0n) is 8.15. The quantitative estimate of drug-likeness (QED) is 0.606. The molecule has 2 nitrogen and oxygen atoms in total. The van der Waals surface area contributed by atoms with E-state index < -0.39 is 0 Å². The molecule has 0 spiro atoms. The fraction of sp³-hybridized carbons (Fsp3) is 0.778. The molecule has 0 aromatic rings. The SMILES string of the molecule is CCCNC/C(C)=C\N(C)C. The fourth-order valence-electron chi connectivity index (χ4n) is 0.949. The minimum absolute atomic E-state index is 1.01. The van der Waals surface area contributed by atoms with Gasteiger partial charge in [0.2, 0.25) is 0 Å². The Kier molecular flexibility index (Phi) is 5.94. The maximum absolute atomic E-state index is 3.35. The lowest BCUT2D eigenvalue weighted by Gasteiger charge is -2.08. The fourth-order valence-corrected chi connectivity index (χ4v) is 0.949. The molecule has 0 amide bonds. The Morgan fingerprint density at radius 1 is 1.45 bits per heavy atom. The predicted molar refractivity (Wildman–Crippen MR) is 50.6 cm³/mol. The summed E-state index contributed by atoms with van der Waals surface area (Å²) in [5.74, 6) is 0. The van der Waals surface area contributed by atoms with Gasteiger partial charge >= 0.3 is 0 Å². The molecule has 11 heavy (non-hydrogen) atoms. The average molecular weight is 156 g/mol. The van der Waals surface area contributed by atoms with Gasteiger partial charge in [0.1, 0.15) is 0 Å². The first-order valence-corrected chi connectivity index (χ1v) is 4.21. The lowest BCUT2D eigenvalue weighted by molar-refractivity contribution is 0.553. The Labute approximate surface area is 70.3 Å². The van der Waals surface area contributed by atoms with Crippen LogP contribution in [0.15, 0.2) is 11.8 Å². The van der Waals surface area contributed by atoms with Crippen LogP contribution in [0.2, 0.25) is 0 Å². The molecule has 0 saturated heterocycles. The lowest BCUT2D eigenvalue weighted by atomic mass is 10.3. The zero-order valence-corrected chi connectivity index (χ0v) is 8.15. The van der Waals surface area contributed by atoms with Gasteiger partial charge in [-0.1, -0.05) is 6.92 Å². The number of rotatable bonds is 5. The molecule has 0 unspecified atom stereocenters. The van der Waals surface area contributed by atoms with Crippen molar-refractivity contribution in [1.29, 1.82) is 0 Å². The zero-order chi connectivity index (χ0) is 8.69. The van der Waals surface area contributed by atoms with E-state index in [1.807, 2.05) is 14.1 Å². The van der Waals surface area contributed by atoms with E-state index in [1.165, 1.54) is 12.0 Å². The van der Waals surface area contributed by atoms with Crippen molar-refractivity contribution in [3.8, 4) is 0 Å². The molecule has 0 bridgehead atoms. The van der Waals surface area contributed by atoms with Gasteiger partial charge in [0.25, 0.3) is 0 Å². The Morgan fingerprint density at radius 3 is 2.55 bits per heavy atom. The van der Waals surface area contributed by atoms with E-state index in [1.54, 1.807) is 0 Å². The second-order valence-corrected chi connectivity index (χ2v) is 3.12. The van der Waals surface area contributed by atoms with Crippen LogP contribution >= 0.6 is 0 Å². The first-order valence-electron chi connectivity index (χ1n) is 4.21. The van der Waals surface area contributed by atoms with Crippen LogP contribution in [0, 0.1) is 0 Å². The Morgan fingerprint density at radius 2 is 2.09 bits per heavy atom. The molecule has 0 aromatic carbocycles. The monoisotopic (exact) mass is 156 g/mol. The molecule has 0 aliphatic carbocycles. The van der Waals surface area contributed by atoms with Gasteiger partial charge in [-0.15, -0.1) is 0 Å². The van der Waals surface area contributed by atoms with Gasteiger partial charge < -0.3 is 10.2 Å². The molecule has 0 aliphatic rings. The summed E-state index contributed by atoms with van der Waals surface area (Å²) >= 11 is 0. The van der Waals surface area contributed by atoms with E-state index in [0.717, 1.165) is 13.1 Å². The third-order valence-electron chi connectivity index (χ3n) is 1.31. The summed E-state index contributed by atoms with van der Waals surface area (Å²) in [5, 5.41) is 3.35. The molecule has 0 aliphatic heterocycles. The van der Waals surface area contributed by atoms with Crippen molar-refractivity contribution in [3.05, 3.63) is 11.8 Å². The highest BCUT2D eigenvalue weighted by Crippen LogP contribution is 1.90. The van der Waals surface area contributed by atoms with Crippen molar-refractivity contribution in [2.75, 3.05) is 27.2 Å². The van der Waals surface area contributed by atoms with Gasteiger partial charge in [-0.25, -0.2) is 0 Å². The summed E-state index contributed by atoms with van der Waals surface area (Å²) in [4.78, 5) is 2.07. The van der Waals surface area contributed by atoms with Crippen LogP contribution in [0.5, 0.6) is 0 Å². The summed E-state index contributed by atoms with van der Waals surface area (Å²) in [6, 6.07) is 0. The summed E-state index contributed by atoms with van der Waals surface area (Å²) in [6.07, 6.45) is 3.35. The van der Waals surface area contributed by atoms with Crippen LogP contribution in [-0.2, 0) is 0 Å². The topological polar surface area (TPSA) is 15.3 Å². The Balaban J connectivity index is 3.43. The van der Waals surface area contributed by atoms with Gasteiger partial charge in [-0.3, -0.25) is 0 Å². The van der Waals surface area contributed by atoms with E-state index in [9.17, 15) is 0 Å². The van der Waals surface area contributed by atoms with Crippen LogP contribution in [0.4, 0.5) is 0 Å². The molecule has 0 heterocycles. The van der Waals surface area contributed by atoms with Crippen molar-refractivity contribution < 1.29 is 0 Å². The molecule has 0 radical (unpaired) electrons. The van der Waals surface area contributed by atoms with Crippen LogP contribution in [0.1, 0.15) is 20.3 Å². The smallest absolute Gasteiger partial charge is 0.0179 e. The summed E-state index contributed by atoms with van der Waals surface area (Å²) < 4.78 is 0. The first kappa shape index (κ1) is 10.5. The number of hydrogen-bond donors (Lipinski definition) is 1. The van der Waals surface area contributed by atoms with Crippen molar-refractivity contribution >= 4 is 0 Å². The highest BCUT2D eigenvalue weighted by Gasteiger charge is 1.88. The van der Waals surface area contributed by atoms with E-state index in [2.05, 4.69) is 30.3 Å². The Hall–Kier alpha value is -0.500. The first-order chi connectivity index (χ1) is 5.16. The van der Waals surface area contributed by atoms with Crippen LogP contribution in [0.3, 0.4) is 0 Å². The maximum Gasteiger partial charge on any atom is 0.0179 e. The second kappa shape index (κ2) is 6.23. The largest absolute Gasteiger partial charge is 0.383 e. The van der Waals surface area contributed by atoms with Crippen molar-refractivity contribution in [3.63, 3.8) is 0 Å². The molecule has 2 heteroatoms. The molecule has 0 saturated carbocycles. The maximum atomic E-state index is 3.35. The molecular weight excluding hydrogens is 136 g/mol. The van der Waals surface area contributed by atoms with E-state index >= 15 is 0 Å². The minimum atomic E-state index is 1.01. The van der Waals surface area contributed by atoms with Crippen LogP contribution in [-0.4, -0.2) is 32.1 Å². The molecular formula is C9H20N2. The van der Waals surface area contributed by atoms with Crippen molar-refractivity contribution in [2.45, 2.75) is 20.3 Å². The summed E-state index contributed by atoms with van der Waals surface area (Å²) in [7, 11) is 4.09. The van der Waals surface area contributed by atoms with E-state index in [-0.39, 0.29) is 0 Å². The van der Waals surface area contributed by atoms with Gasteiger partial charge in [-0.05, 0) is 31.7 Å². The van der Waals surface area contributed by atoms with Crippen molar-refractivity contribution in [2.24, 2.45) is 0 Å². The summed E-state index contributed by atoms with van der Waals surface area (Å²) in [5.41, 5.74) is 1.38. The van der Waals surface area contributed by atoms with Gasteiger partial charge in [0.05, 0.1) is 0 Å². The second-order valence-electron chi connectivity index (χ2n) is 3.12. The highest BCUT2D eigenvalue weighted by atomic mass is 15.0. The highest BCUT2D eigenvalue weighted by molar-refractivity contribution is 4.98. The average Bonchev–Trinajstić information content (AvgIpc) is 1.86. The number of hydrogen-bond acceptors (Lipinski definition) is 2. The number of nitrogens with one attached hydrogen (secondary N) is 1. The molecule has 0 rings (SSSR count).